The van der Waals surface area contributed by atoms with E-state index in [1.165, 1.54) is 12.1 Å². The molecule has 0 radical (unpaired) electrons. The molecule has 1 saturated heterocycles. The van der Waals surface area contributed by atoms with E-state index >= 15 is 0 Å². The lowest BCUT2D eigenvalue weighted by molar-refractivity contribution is -0.132. The van der Waals surface area contributed by atoms with Crippen LogP contribution in [0.5, 0.6) is 5.75 Å². The lowest BCUT2D eigenvalue weighted by Gasteiger charge is -2.32. The van der Waals surface area contributed by atoms with Gasteiger partial charge in [0.1, 0.15) is 5.75 Å². The van der Waals surface area contributed by atoms with Crippen LogP contribution < -0.4 is 10.1 Å². The molecule has 124 valence electrons. The third-order valence-electron chi connectivity index (χ3n) is 3.50. The molecule has 0 aromatic heterocycles. The van der Waals surface area contributed by atoms with Crippen LogP contribution in [0.25, 0.3) is 0 Å². The monoisotopic (exact) mass is 334 g/mol. The van der Waals surface area contributed by atoms with Crippen LogP contribution >= 0.6 is 12.4 Å². The van der Waals surface area contributed by atoms with Gasteiger partial charge in [-0.15, -0.1) is 12.4 Å². The first-order valence-corrected chi connectivity index (χ1v) is 7.09. The summed E-state index contributed by atoms with van der Waals surface area (Å²) in [6.07, 6.45) is 1.04. The number of carbonyl (C=O) groups excluding carboxylic acids is 1. The fourth-order valence-electron chi connectivity index (χ4n) is 2.41. The van der Waals surface area contributed by atoms with Gasteiger partial charge in [0, 0.05) is 32.1 Å². The van der Waals surface area contributed by atoms with E-state index in [4.69, 9.17) is 0 Å². The van der Waals surface area contributed by atoms with Gasteiger partial charge in [-0.25, -0.2) is 0 Å². The molecule has 0 spiro atoms. The molecule has 1 atom stereocenters. The van der Waals surface area contributed by atoms with Crippen LogP contribution in [0.3, 0.4) is 0 Å². The predicted molar refractivity (Wildman–Crippen MR) is 82.7 cm³/mol. The first-order chi connectivity index (χ1) is 10.0. The number of carbonyl (C=O) groups is 1. The molecule has 4 nitrogen and oxygen atoms in total. The van der Waals surface area contributed by atoms with E-state index in [0.717, 1.165) is 25.2 Å². The van der Waals surface area contributed by atoms with Gasteiger partial charge in [-0.3, -0.25) is 4.79 Å². The second-order valence-electron chi connectivity index (χ2n) is 5.22. The van der Waals surface area contributed by atoms with Crippen molar-refractivity contribution in [3.05, 3.63) is 29.8 Å². The SMILES string of the molecule is CC1CN(C(=O)CCc2ccc(OC(F)F)cc2)CCN1.Cl. The lowest BCUT2D eigenvalue weighted by Crippen LogP contribution is -2.51. The van der Waals surface area contributed by atoms with Crippen LogP contribution in [-0.2, 0) is 11.2 Å². The van der Waals surface area contributed by atoms with E-state index in [1.54, 1.807) is 12.1 Å². The van der Waals surface area contributed by atoms with Gasteiger partial charge < -0.3 is 15.0 Å². The van der Waals surface area contributed by atoms with Crippen molar-refractivity contribution in [3.8, 4) is 5.75 Å². The number of alkyl halides is 2. The minimum Gasteiger partial charge on any atom is -0.435 e. The van der Waals surface area contributed by atoms with Crippen LogP contribution in [0.4, 0.5) is 8.78 Å². The van der Waals surface area contributed by atoms with Crippen molar-refractivity contribution in [1.82, 2.24) is 10.2 Å². The van der Waals surface area contributed by atoms with Gasteiger partial charge in [-0.05, 0) is 31.0 Å². The Morgan fingerprint density at radius 2 is 2.09 bits per heavy atom. The molecule has 1 aliphatic heterocycles. The molecule has 22 heavy (non-hydrogen) atoms. The van der Waals surface area contributed by atoms with Crippen molar-refractivity contribution in [2.24, 2.45) is 0 Å². The van der Waals surface area contributed by atoms with E-state index < -0.39 is 6.61 Å². The summed E-state index contributed by atoms with van der Waals surface area (Å²) in [7, 11) is 0. The molecule has 0 saturated carbocycles. The van der Waals surface area contributed by atoms with Crippen LogP contribution in [0.1, 0.15) is 18.9 Å². The van der Waals surface area contributed by atoms with E-state index in [1.807, 2.05) is 4.90 Å². The van der Waals surface area contributed by atoms with Crippen LogP contribution in [0, 0.1) is 0 Å². The normalized spacial score (nSPS) is 18.0. The summed E-state index contributed by atoms with van der Waals surface area (Å²) in [4.78, 5) is 14.0. The Balaban J connectivity index is 0.00000242. The Kier molecular flexibility index (Phi) is 7.55. The first kappa shape index (κ1) is 18.6. The quantitative estimate of drug-likeness (QED) is 0.899. The zero-order valence-corrected chi connectivity index (χ0v) is 13.2. The van der Waals surface area contributed by atoms with Crippen molar-refractivity contribution in [3.63, 3.8) is 0 Å². The van der Waals surface area contributed by atoms with E-state index in [0.29, 0.717) is 18.9 Å². The summed E-state index contributed by atoms with van der Waals surface area (Å²) in [5.74, 6) is 0.271. The number of benzene rings is 1. The maximum Gasteiger partial charge on any atom is 0.387 e. The smallest absolute Gasteiger partial charge is 0.387 e. The number of aryl methyl sites for hydroxylation is 1. The molecule has 1 N–H and O–H groups in total. The summed E-state index contributed by atoms with van der Waals surface area (Å²) in [6.45, 7) is 1.55. The van der Waals surface area contributed by atoms with Gasteiger partial charge in [0.2, 0.25) is 5.91 Å². The number of nitrogens with one attached hydrogen (secondary N) is 1. The standard InChI is InChI=1S/C15H20F2N2O2.ClH/c1-11-10-19(9-8-18-11)14(20)7-4-12-2-5-13(6-3-12)21-15(16)17;/h2-3,5-6,11,15,18H,4,7-10H2,1H3;1H. The minimum absolute atomic E-state index is 0. The van der Waals surface area contributed by atoms with Gasteiger partial charge in [0.05, 0.1) is 0 Å². The molecule has 1 aliphatic rings. The lowest BCUT2D eigenvalue weighted by atomic mass is 10.1. The molecule has 2 rings (SSSR count). The number of piperazine rings is 1. The average molecular weight is 335 g/mol. The number of nitrogens with zero attached hydrogens (tertiary/aromatic N) is 1. The number of hydrogen-bond donors (Lipinski definition) is 1. The summed E-state index contributed by atoms with van der Waals surface area (Å²) in [5.41, 5.74) is 0.938. The molecule has 0 bridgehead atoms. The number of hydrogen-bond acceptors (Lipinski definition) is 3. The van der Waals surface area contributed by atoms with Crippen molar-refractivity contribution >= 4 is 18.3 Å². The number of halogens is 3. The van der Waals surface area contributed by atoms with E-state index in [9.17, 15) is 13.6 Å². The van der Waals surface area contributed by atoms with Crippen LogP contribution in [-0.4, -0.2) is 43.1 Å². The largest absolute Gasteiger partial charge is 0.435 e. The molecule has 1 fully saturated rings. The molecule has 1 aromatic carbocycles. The van der Waals surface area contributed by atoms with E-state index in [2.05, 4.69) is 17.0 Å². The topological polar surface area (TPSA) is 41.6 Å². The summed E-state index contributed by atoms with van der Waals surface area (Å²) < 4.78 is 28.4. The maximum atomic E-state index is 12.1. The van der Waals surface area contributed by atoms with Crippen molar-refractivity contribution in [2.75, 3.05) is 19.6 Å². The summed E-state index contributed by atoms with van der Waals surface area (Å²) in [6, 6.07) is 6.75. The molecule has 1 aromatic rings. The molecule has 1 heterocycles. The highest BCUT2D eigenvalue weighted by molar-refractivity contribution is 5.85. The van der Waals surface area contributed by atoms with Crippen LogP contribution in [0.15, 0.2) is 24.3 Å². The second kappa shape index (κ2) is 8.90. The zero-order valence-electron chi connectivity index (χ0n) is 12.4. The Bertz CT molecular complexity index is 471. The number of rotatable bonds is 5. The van der Waals surface area contributed by atoms with E-state index in [-0.39, 0.29) is 24.1 Å². The highest BCUT2D eigenvalue weighted by Gasteiger charge is 2.19. The Morgan fingerprint density at radius 1 is 1.41 bits per heavy atom. The van der Waals surface area contributed by atoms with Gasteiger partial charge in [0.15, 0.2) is 0 Å². The maximum absolute atomic E-state index is 12.1. The molecular weight excluding hydrogens is 314 g/mol. The molecule has 1 amide bonds. The number of ether oxygens (including phenoxy) is 1. The molecule has 0 aliphatic carbocycles. The highest BCUT2D eigenvalue weighted by atomic mass is 35.5. The fraction of sp³-hybridized carbons (Fsp3) is 0.533. The average Bonchev–Trinajstić information content (AvgIpc) is 2.45. The minimum atomic E-state index is -2.81. The van der Waals surface area contributed by atoms with Gasteiger partial charge in [0.25, 0.3) is 0 Å². The Morgan fingerprint density at radius 3 is 2.68 bits per heavy atom. The fourth-order valence-corrected chi connectivity index (χ4v) is 2.41. The Labute approximate surface area is 135 Å². The zero-order chi connectivity index (χ0) is 15.2. The Hall–Kier alpha value is -1.40. The molecule has 7 heteroatoms. The first-order valence-electron chi connectivity index (χ1n) is 7.09. The van der Waals surface area contributed by atoms with Gasteiger partial charge in [-0.2, -0.15) is 8.78 Å². The third kappa shape index (κ3) is 5.77. The van der Waals surface area contributed by atoms with Crippen molar-refractivity contribution < 1.29 is 18.3 Å². The molecular formula is C15H21ClF2N2O2. The second-order valence-corrected chi connectivity index (χ2v) is 5.22. The van der Waals surface area contributed by atoms with Crippen molar-refractivity contribution in [2.45, 2.75) is 32.4 Å². The van der Waals surface area contributed by atoms with Gasteiger partial charge in [-0.1, -0.05) is 12.1 Å². The van der Waals surface area contributed by atoms with Crippen LogP contribution in [0.2, 0.25) is 0 Å². The third-order valence-corrected chi connectivity index (χ3v) is 3.50. The highest BCUT2D eigenvalue weighted by Crippen LogP contribution is 2.16. The van der Waals surface area contributed by atoms with Crippen molar-refractivity contribution in [1.29, 1.82) is 0 Å². The summed E-state index contributed by atoms with van der Waals surface area (Å²) in [5, 5.41) is 3.29. The number of amides is 1. The molecule has 1 unspecified atom stereocenters. The predicted octanol–water partition coefficient (Wildman–Crippen LogP) is 2.46. The summed E-state index contributed by atoms with van der Waals surface area (Å²) >= 11 is 0. The van der Waals surface area contributed by atoms with Gasteiger partial charge >= 0.3 is 6.61 Å².